The van der Waals surface area contributed by atoms with E-state index >= 15 is 0 Å². The molecule has 0 saturated heterocycles. The first-order valence-corrected chi connectivity index (χ1v) is 12.7. The van der Waals surface area contributed by atoms with Gasteiger partial charge in [-0.15, -0.1) is 11.3 Å². The third kappa shape index (κ3) is 4.34. The fraction of sp³-hybridized carbons (Fsp3) is 0.0333. The number of halogens is 1. The Kier molecular flexibility index (Phi) is 5.83. The Labute approximate surface area is 213 Å². The molecule has 0 saturated carbocycles. The molecule has 1 aliphatic carbocycles. The monoisotopic (exact) mass is 491 g/mol. The number of thiazole rings is 1. The van der Waals surface area contributed by atoms with Crippen LogP contribution in [0.15, 0.2) is 120 Å². The normalized spacial score (nSPS) is 12.9. The minimum atomic E-state index is 0.631. The van der Waals surface area contributed by atoms with Crippen molar-refractivity contribution in [2.24, 2.45) is 4.99 Å². The van der Waals surface area contributed by atoms with Crippen LogP contribution < -0.4 is 10.2 Å². The van der Waals surface area contributed by atoms with Crippen LogP contribution in [0.2, 0.25) is 5.02 Å². The lowest BCUT2D eigenvalue weighted by molar-refractivity contribution is 0.926. The summed E-state index contributed by atoms with van der Waals surface area (Å²) in [7, 11) is 0. The second-order valence-electron chi connectivity index (χ2n) is 8.34. The summed E-state index contributed by atoms with van der Waals surface area (Å²) in [4.78, 5) is 5.73. The van der Waals surface area contributed by atoms with Gasteiger partial charge in [-0.05, 0) is 35.2 Å². The van der Waals surface area contributed by atoms with Gasteiger partial charge in [0.2, 0.25) is 4.80 Å². The second-order valence-corrected chi connectivity index (χ2v) is 9.58. The first-order valence-electron chi connectivity index (χ1n) is 11.5. The molecule has 3 nitrogen and oxygen atoms in total. The maximum Gasteiger partial charge on any atom is 0.209 e. The summed E-state index contributed by atoms with van der Waals surface area (Å²) in [5.41, 5.74) is 12.6. The van der Waals surface area contributed by atoms with Crippen molar-refractivity contribution < 1.29 is 0 Å². The van der Waals surface area contributed by atoms with E-state index < -0.39 is 0 Å². The molecule has 1 aliphatic rings. The number of rotatable bonds is 5. The highest BCUT2D eigenvalue weighted by molar-refractivity contribution is 7.07. The van der Waals surface area contributed by atoms with Gasteiger partial charge in [-0.3, -0.25) is 5.43 Å². The molecule has 170 valence electrons. The number of nitrogens with zero attached hydrogens (tertiary/aromatic N) is 2. The molecule has 5 aromatic rings. The van der Waals surface area contributed by atoms with Gasteiger partial charge in [-0.2, -0.15) is 0 Å². The summed E-state index contributed by atoms with van der Waals surface area (Å²) in [6, 6.07) is 35.3. The molecule has 1 aromatic heterocycles. The Morgan fingerprint density at radius 1 is 0.743 bits per heavy atom. The average molecular weight is 492 g/mol. The Balaban J connectivity index is 1.44. The molecule has 6 rings (SSSR count). The van der Waals surface area contributed by atoms with Gasteiger partial charge >= 0.3 is 0 Å². The summed E-state index contributed by atoms with van der Waals surface area (Å²) in [6.07, 6.45) is 3.15. The maximum absolute atomic E-state index is 6.43. The van der Waals surface area contributed by atoms with Gasteiger partial charge < -0.3 is 0 Å². The van der Waals surface area contributed by atoms with E-state index in [1.54, 1.807) is 11.3 Å². The lowest BCUT2D eigenvalue weighted by atomic mass is 10.0. The zero-order valence-corrected chi connectivity index (χ0v) is 20.4. The number of hydrogen-bond donors (Lipinski definition) is 1. The molecule has 0 radical (unpaired) electrons. The van der Waals surface area contributed by atoms with Gasteiger partial charge in [-0.1, -0.05) is 109 Å². The highest BCUT2D eigenvalue weighted by Crippen LogP contribution is 2.29. The molecule has 1 heterocycles. The average Bonchev–Trinajstić information content (AvgIpc) is 3.50. The van der Waals surface area contributed by atoms with Gasteiger partial charge in [0.25, 0.3) is 0 Å². The number of allylic oxidation sites excluding steroid dienone is 1. The molecule has 0 aliphatic heterocycles. The maximum atomic E-state index is 6.43. The summed E-state index contributed by atoms with van der Waals surface area (Å²) in [5.74, 6) is 0. The molecule has 5 heteroatoms. The van der Waals surface area contributed by atoms with Crippen molar-refractivity contribution in [1.29, 1.82) is 0 Å². The van der Waals surface area contributed by atoms with Gasteiger partial charge in [-0.25, -0.2) is 9.67 Å². The molecule has 0 spiro atoms. The third-order valence-corrected chi connectivity index (χ3v) is 7.28. The first-order chi connectivity index (χ1) is 17.3. The van der Waals surface area contributed by atoms with Crippen molar-refractivity contribution in [2.75, 3.05) is 5.43 Å². The molecule has 0 bridgehead atoms. The lowest BCUT2D eigenvalue weighted by Crippen LogP contribution is -2.25. The van der Waals surface area contributed by atoms with Crippen molar-refractivity contribution in [3.63, 3.8) is 0 Å². The highest BCUT2D eigenvalue weighted by Gasteiger charge is 2.16. The van der Waals surface area contributed by atoms with Crippen molar-refractivity contribution in [2.45, 2.75) is 6.42 Å². The Hall–Kier alpha value is -3.86. The van der Waals surface area contributed by atoms with E-state index in [9.17, 15) is 0 Å². The molecule has 1 N–H and O–H groups in total. The van der Waals surface area contributed by atoms with Crippen molar-refractivity contribution in [1.82, 2.24) is 4.68 Å². The van der Waals surface area contributed by atoms with E-state index in [4.69, 9.17) is 16.6 Å². The number of nitrogens with one attached hydrogen (secondary N) is 1. The van der Waals surface area contributed by atoms with E-state index in [2.05, 4.69) is 94.4 Å². The van der Waals surface area contributed by atoms with Crippen molar-refractivity contribution in [3.05, 3.63) is 136 Å². The van der Waals surface area contributed by atoms with Gasteiger partial charge in [0.05, 0.1) is 22.1 Å². The van der Waals surface area contributed by atoms with Crippen molar-refractivity contribution >= 4 is 34.3 Å². The first kappa shape index (κ1) is 21.7. The van der Waals surface area contributed by atoms with Crippen molar-refractivity contribution in [3.8, 4) is 22.4 Å². The van der Waals surface area contributed by atoms with Gasteiger partial charge in [0, 0.05) is 16.5 Å². The lowest BCUT2D eigenvalue weighted by Gasteiger charge is -2.14. The number of benzene rings is 4. The Morgan fingerprint density at radius 2 is 1.43 bits per heavy atom. The number of hydrogen-bond acceptors (Lipinski definition) is 3. The molecule has 0 atom stereocenters. The largest absolute Gasteiger partial charge is 0.291 e. The predicted molar refractivity (Wildman–Crippen MR) is 147 cm³/mol. The fourth-order valence-electron chi connectivity index (χ4n) is 4.32. The molecule has 0 unspecified atom stereocenters. The van der Waals surface area contributed by atoms with E-state index in [1.165, 1.54) is 22.3 Å². The number of para-hydroxylation sites is 1. The number of fused-ring (bicyclic) bond motifs is 1. The SMILES string of the molecule is Clc1ccccc1N=c1scc(-c2ccc(-c3ccccc3)cc2)n1NC1=CCc2ccccc21. The second kappa shape index (κ2) is 9.41. The van der Waals surface area contributed by atoms with Crippen LogP contribution >= 0.6 is 22.9 Å². The standard InChI is InChI=1S/C30H22ClN3S/c31-26-12-6-7-13-28(26)32-30-34(33-27-19-18-23-10-4-5-11-25(23)27)29(20-35-30)24-16-14-22(15-17-24)21-8-2-1-3-9-21/h1-17,19-20,33H,18H2. The molecule has 4 aromatic carbocycles. The quantitative estimate of drug-likeness (QED) is 0.266. The zero-order chi connectivity index (χ0) is 23.6. The van der Waals surface area contributed by atoms with Crippen LogP contribution in [0.5, 0.6) is 0 Å². The molecular formula is C30H22ClN3S. The van der Waals surface area contributed by atoms with E-state index in [0.29, 0.717) is 5.02 Å². The van der Waals surface area contributed by atoms with Gasteiger partial charge in [0.1, 0.15) is 0 Å². The van der Waals surface area contributed by atoms with Crippen LogP contribution in [0.1, 0.15) is 11.1 Å². The Morgan fingerprint density at radius 3 is 2.26 bits per heavy atom. The minimum absolute atomic E-state index is 0.631. The summed E-state index contributed by atoms with van der Waals surface area (Å²) in [6.45, 7) is 0. The van der Waals surface area contributed by atoms with Gasteiger partial charge in [0.15, 0.2) is 0 Å². The van der Waals surface area contributed by atoms with E-state index in [0.717, 1.165) is 33.9 Å². The molecule has 0 fully saturated rings. The highest BCUT2D eigenvalue weighted by atomic mass is 35.5. The summed E-state index contributed by atoms with van der Waals surface area (Å²) in [5, 5.41) is 2.77. The molecule has 35 heavy (non-hydrogen) atoms. The van der Waals surface area contributed by atoms with Crippen LogP contribution in [0.3, 0.4) is 0 Å². The smallest absolute Gasteiger partial charge is 0.209 e. The van der Waals surface area contributed by atoms with Crippen LogP contribution in [-0.4, -0.2) is 4.68 Å². The van der Waals surface area contributed by atoms with Crippen LogP contribution in [0.4, 0.5) is 5.69 Å². The third-order valence-electron chi connectivity index (χ3n) is 6.13. The predicted octanol–water partition coefficient (Wildman–Crippen LogP) is 7.91. The van der Waals surface area contributed by atoms with Crippen LogP contribution in [-0.2, 0) is 6.42 Å². The summed E-state index contributed by atoms with van der Waals surface area (Å²) >= 11 is 8.02. The van der Waals surface area contributed by atoms with Crippen LogP contribution in [0, 0.1) is 0 Å². The van der Waals surface area contributed by atoms with E-state index in [-0.39, 0.29) is 0 Å². The number of aromatic nitrogens is 1. The molecule has 0 amide bonds. The van der Waals surface area contributed by atoms with E-state index in [1.807, 2.05) is 30.3 Å². The zero-order valence-electron chi connectivity index (χ0n) is 18.9. The van der Waals surface area contributed by atoms with Crippen LogP contribution in [0.25, 0.3) is 28.1 Å². The molecular weight excluding hydrogens is 470 g/mol. The topological polar surface area (TPSA) is 29.3 Å². The summed E-state index contributed by atoms with van der Waals surface area (Å²) < 4.78 is 2.07. The fourth-order valence-corrected chi connectivity index (χ4v) is 5.35. The Bertz CT molecular complexity index is 1600. The minimum Gasteiger partial charge on any atom is -0.291 e.